The molecule has 98 valence electrons. The number of benzene rings is 1. The third kappa shape index (κ3) is 1.76. The first-order chi connectivity index (χ1) is 9.08. The van der Waals surface area contributed by atoms with Crippen LogP contribution in [0.1, 0.15) is 28.6 Å². The number of nitrogens with one attached hydrogen (secondary N) is 1. The molecule has 0 aliphatic carbocycles. The van der Waals surface area contributed by atoms with E-state index in [9.17, 15) is 14.7 Å². The number of para-hydroxylation sites is 1. The van der Waals surface area contributed by atoms with Gasteiger partial charge in [0.05, 0.1) is 17.1 Å². The summed E-state index contributed by atoms with van der Waals surface area (Å²) in [5, 5.41) is 12.0. The highest BCUT2D eigenvalue weighted by atomic mass is 16.4. The van der Waals surface area contributed by atoms with Crippen molar-refractivity contribution in [1.29, 1.82) is 0 Å². The van der Waals surface area contributed by atoms with Gasteiger partial charge in [0.15, 0.2) is 0 Å². The molecule has 1 aromatic heterocycles. The summed E-state index contributed by atoms with van der Waals surface area (Å²) in [6, 6.07) is 5.08. The summed E-state index contributed by atoms with van der Waals surface area (Å²) in [7, 11) is 0. The molecule has 1 amide bonds. The number of nitrogens with zero attached hydrogens (tertiary/aromatic N) is 2. The summed E-state index contributed by atoms with van der Waals surface area (Å²) in [6.07, 6.45) is 0.406. The highest BCUT2D eigenvalue weighted by Gasteiger charge is 2.26. The lowest BCUT2D eigenvalue weighted by atomic mass is 10.1. The zero-order valence-corrected chi connectivity index (χ0v) is 10.4. The Bertz CT molecular complexity index is 690. The number of imidazole rings is 1. The Morgan fingerprint density at radius 3 is 2.95 bits per heavy atom. The number of carbonyl (C=O) groups excluding carboxylic acids is 1. The number of rotatable bonds is 2. The Kier molecular flexibility index (Phi) is 2.51. The second kappa shape index (κ2) is 4.08. The van der Waals surface area contributed by atoms with E-state index in [1.54, 1.807) is 12.1 Å². The Labute approximate surface area is 109 Å². The first kappa shape index (κ1) is 11.7. The van der Waals surface area contributed by atoms with E-state index in [0.717, 1.165) is 11.3 Å². The van der Waals surface area contributed by atoms with Gasteiger partial charge in [-0.3, -0.25) is 4.79 Å². The van der Waals surface area contributed by atoms with Crippen molar-refractivity contribution in [2.75, 3.05) is 6.54 Å². The molecule has 0 saturated carbocycles. The minimum Gasteiger partial charge on any atom is -0.478 e. The molecule has 19 heavy (non-hydrogen) atoms. The monoisotopic (exact) mass is 259 g/mol. The predicted octanol–water partition coefficient (Wildman–Crippen LogP) is 1.10. The molecule has 1 fully saturated rings. The fraction of sp³-hybridized carbons (Fsp3) is 0.308. The van der Waals surface area contributed by atoms with Crippen LogP contribution < -0.4 is 5.32 Å². The van der Waals surface area contributed by atoms with Gasteiger partial charge in [0.1, 0.15) is 11.3 Å². The van der Waals surface area contributed by atoms with Crippen LogP contribution in [-0.2, 0) is 4.79 Å². The maximum Gasteiger partial charge on any atom is 0.337 e. The van der Waals surface area contributed by atoms with E-state index < -0.39 is 5.97 Å². The molecule has 3 rings (SSSR count). The molecule has 1 saturated heterocycles. The number of hydrogen-bond donors (Lipinski definition) is 2. The van der Waals surface area contributed by atoms with Crippen molar-refractivity contribution >= 4 is 22.9 Å². The van der Waals surface area contributed by atoms with Crippen molar-refractivity contribution in [3.05, 3.63) is 29.6 Å². The van der Waals surface area contributed by atoms with Gasteiger partial charge in [0, 0.05) is 13.0 Å². The van der Waals surface area contributed by atoms with E-state index in [4.69, 9.17) is 0 Å². The Hall–Kier alpha value is -2.37. The van der Waals surface area contributed by atoms with Gasteiger partial charge in [0.25, 0.3) is 0 Å². The molecule has 6 nitrogen and oxygen atoms in total. The molecule has 2 N–H and O–H groups in total. The average molecular weight is 259 g/mol. The lowest BCUT2D eigenvalue weighted by Gasteiger charge is -2.13. The van der Waals surface area contributed by atoms with Crippen LogP contribution in [0.5, 0.6) is 0 Å². The first-order valence-corrected chi connectivity index (χ1v) is 6.05. The number of carbonyl (C=O) groups is 2. The van der Waals surface area contributed by atoms with E-state index in [0.29, 0.717) is 18.5 Å². The average Bonchev–Trinajstić information content (AvgIpc) is 2.90. The lowest BCUT2D eigenvalue weighted by Crippen LogP contribution is -2.16. The van der Waals surface area contributed by atoms with Crippen molar-refractivity contribution in [2.45, 2.75) is 19.4 Å². The van der Waals surface area contributed by atoms with E-state index >= 15 is 0 Å². The predicted molar refractivity (Wildman–Crippen MR) is 68.1 cm³/mol. The number of carboxylic acid groups (broad SMARTS) is 1. The Balaban J connectivity index is 2.20. The zero-order valence-electron chi connectivity index (χ0n) is 10.4. The van der Waals surface area contributed by atoms with Crippen LogP contribution in [0.15, 0.2) is 18.2 Å². The first-order valence-electron chi connectivity index (χ1n) is 6.05. The fourth-order valence-corrected chi connectivity index (χ4v) is 2.64. The van der Waals surface area contributed by atoms with Crippen molar-refractivity contribution in [2.24, 2.45) is 0 Å². The lowest BCUT2D eigenvalue weighted by molar-refractivity contribution is -0.119. The van der Waals surface area contributed by atoms with Crippen LogP contribution in [0.25, 0.3) is 11.0 Å². The minimum atomic E-state index is -0.990. The van der Waals surface area contributed by atoms with Crippen molar-refractivity contribution in [3.63, 3.8) is 0 Å². The van der Waals surface area contributed by atoms with Crippen molar-refractivity contribution in [3.8, 4) is 0 Å². The molecule has 6 heteroatoms. The highest BCUT2D eigenvalue weighted by molar-refractivity contribution is 6.01. The molecule has 1 aliphatic heterocycles. The molecule has 2 heterocycles. The molecule has 2 aromatic rings. The molecule has 1 aromatic carbocycles. The molecule has 0 bridgehead atoms. The van der Waals surface area contributed by atoms with E-state index in [1.807, 2.05) is 17.6 Å². The minimum absolute atomic E-state index is 0.00143. The molecular formula is C13H13N3O3. The van der Waals surface area contributed by atoms with Crippen LogP contribution in [0, 0.1) is 6.92 Å². The van der Waals surface area contributed by atoms with Gasteiger partial charge >= 0.3 is 5.97 Å². The summed E-state index contributed by atoms with van der Waals surface area (Å²) in [5.74, 6) is -0.248. The SMILES string of the molecule is Cc1nc2c(C(=O)O)cccc2n1C1CNC(=O)C1. The van der Waals surface area contributed by atoms with Crippen molar-refractivity contribution in [1.82, 2.24) is 14.9 Å². The van der Waals surface area contributed by atoms with Crippen LogP contribution in [0.3, 0.4) is 0 Å². The summed E-state index contributed by atoms with van der Waals surface area (Å²) in [5.41, 5.74) is 1.43. The molecule has 1 atom stereocenters. The molecule has 1 unspecified atom stereocenters. The zero-order chi connectivity index (χ0) is 13.6. The number of amides is 1. The fourth-order valence-electron chi connectivity index (χ4n) is 2.64. The van der Waals surface area contributed by atoms with Crippen LogP contribution in [0.4, 0.5) is 0 Å². The summed E-state index contributed by atoms with van der Waals surface area (Å²) >= 11 is 0. The second-order valence-corrected chi connectivity index (χ2v) is 4.67. The smallest absolute Gasteiger partial charge is 0.337 e. The highest BCUT2D eigenvalue weighted by Crippen LogP contribution is 2.27. The number of carboxylic acids is 1. The van der Waals surface area contributed by atoms with Gasteiger partial charge in [-0.05, 0) is 19.1 Å². The van der Waals surface area contributed by atoms with Gasteiger partial charge < -0.3 is 15.0 Å². The molecule has 0 radical (unpaired) electrons. The maximum absolute atomic E-state index is 11.3. The Morgan fingerprint density at radius 2 is 2.32 bits per heavy atom. The molecule has 1 aliphatic rings. The van der Waals surface area contributed by atoms with Crippen LogP contribution in [0.2, 0.25) is 0 Å². The summed E-state index contributed by atoms with van der Waals surface area (Å²) in [6.45, 7) is 2.39. The molecule has 0 spiro atoms. The summed E-state index contributed by atoms with van der Waals surface area (Å²) < 4.78 is 1.94. The number of aromatic nitrogens is 2. The number of aromatic carboxylic acids is 1. The van der Waals surface area contributed by atoms with Gasteiger partial charge in [-0.1, -0.05) is 6.07 Å². The maximum atomic E-state index is 11.3. The van der Waals surface area contributed by atoms with E-state index in [-0.39, 0.29) is 17.5 Å². The van der Waals surface area contributed by atoms with E-state index in [1.165, 1.54) is 0 Å². The van der Waals surface area contributed by atoms with Gasteiger partial charge in [0.2, 0.25) is 5.91 Å². The standard InChI is InChI=1S/C13H13N3O3/c1-7-15-12-9(13(18)19)3-2-4-10(12)16(7)8-5-11(17)14-6-8/h2-4,8H,5-6H2,1H3,(H,14,17)(H,18,19). The molecular weight excluding hydrogens is 246 g/mol. The number of fused-ring (bicyclic) bond motifs is 1. The quantitative estimate of drug-likeness (QED) is 0.846. The third-order valence-electron chi connectivity index (χ3n) is 3.45. The van der Waals surface area contributed by atoms with E-state index in [2.05, 4.69) is 10.3 Å². The van der Waals surface area contributed by atoms with Gasteiger partial charge in [-0.25, -0.2) is 9.78 Å². The second-order valence-electron chi connectivity index (χ2n) is 4.67. The third-order valence-corrected chi connectivity index (χ3v) is 3.45. The topological polar surface area (TPSA) is 84.2 Å². The number of aryl methyl sites for hydroxylation is 1. The largest absolute Gasteiger partial charge is 0.478 e. The Morgan fingerprint density at radius 1 is 1.53 bits per heavy atom. The summed E-state index contributed by atoms with van der Waals surface area (Å²) in [4.78, 5) is 26.9. The van der Waals surface area contributed by atoms with Crippen molar-refractivity contribution < 1.29 is 14.7 Å². The van der Waals surface area contributed by atoms with Crippen LogP contribution >= 0.6 is 0 Å². The van der Waals surface area contributed by atoms with Crippen LogP contribution in [-0.4, -0.2) is 33.1 Å². The normalized spacial score (nSPS) is 18.8. The number of hydrogen-bond acceptors (Lipinski definition) is 3. The van der Waals surface area contributed by atoms with Gasteiger partial charge in [-0.2, -0.15) is 0 Å². The van der Waals surface area contributed by atoms with Gasteiger partial charge in [-0.15, -0.1) is 0 Å².